The molecule has 0 aromatic heterocycles. The molecule has 1 aliphatic rings. The van der Waals surface area contributed by atoms with Crippen molar-refractivity contribution in [3.8, 4) is 0 Å². The standard InChI is InChI=1S/C15H19NO5/c1-20-14(18)12-7-13(17)9-16(8-12)15(19)21-10-11-5-3-2-4-6-11/h2-6,12-13,17H,7-10H2,1H3/t12-,13+/m1/s1. The van der Waals surface area contributed by atoms with Crippen LogP contribution in [0.25, 0.3) is 0 Å². The van der Waals surface area contributed by atoms with Gasteiger partial charge in [0, 0.05) is 13.1 Å². The average molecular weight is 293 g/mol. The zero-order chi connectivity index (χ0) is 15.2. The third-order valence-corrected chi connectivity index (χ3v) is 3.43. The predicted molar refractivity (Wildman–Crippen MR) is 74.3 cm³/mol. The number of piperidine rings is 1. The summed E-state index contributed by atoms with van der Waals surface area (Å²) >= 11 is 0. The van der Waals surface area contributed by atoms with E-state index in [-0.39, 0.29) is 19.7 Å². The Balaban J connectivity index is 1.90. The van der Waals surface area contributed by atoms with E-state index in [0.29, 0.717) is 6.42 Å². The highest BCUT2D eigenvalue weighted by molar-refractivity contribution is 5.74. The van der Waals surface area contributed by atoms with E-state index in [1.54, 1.807) is 0 Å². The summed E-state index contributed by atoms with van der Waals surface area (Å²) in [5.41, 5.74) is 0.882. The minimum atomic E-state index is -0.743. The van der Waals surface area contributed by atoms with Crippen LogP contribution in [-0.2, 0) is 20.9 Å². The smallest absolute Gasteiger partial charge is 0.410 e. The summed E-state index contributed by atoms with van der Waals surface area (Å²) in [6, 6.07) is 9.32. The molecule has 21 heavy (non-hydrogen) atoms. The van der Waals surface area contributed by atoms with E-state index in [4.69, 9.17) is 4.74 Å². The summed E-state index contributed by atoms with van der Waals surface area (Å²) in [6.45, 7) is 0.535. The summed E-state index contributed by atoms with van der Waals surface area (Å²) in [6.07, 6.45) is -0.978. The van der Waals surface area contributed by atoms with Crippen LogP contribution in [0.2, 0.25) is 0 Å². The van der Waals surface area contributed by atoms with Crippen LogP contribution in [-0.4, -0.2) is 48.4 Å². The van der Waals surface area contributed by atoms with Gasteiger partial charge >= 0.3 is 12.1 Å². The van der Waals surface area contributed by atoms with Crippen LogP contribution in [0.5, 0.6) is 0 Å². The van der Waals surface area contributed by atoms with Gasteiger partial charge in [-0.3, -0.25) is 4.79 Å². The number of esters is 1. The maximum Gasteiger partial charge on any atom is 0.410 e. The van der Waals surface area contributed by atoms with E-state index in [0.717, 1.165) is 5.56 Å². The lowest BCUT2D eigenvalue weighted by Gasteiger charge is -2.33. The van der Waals surface area contributed by atoms with Crippen LogP contribution in [0.1, 0.15) is 12.0 Å². The highest BCUT2D eigenvalue weighted by Crippen LogP contribution is 2.19. The number of aliphatic hydroxyl groups is 1. The summed E-state index contributed by atoms with van der Waals surface area (Å²) in [5.74, 6) is -0.933. The first-order valence-electron chi connectivity index (χ1n) is 6.81. The van der Waals surface area contributed by atoms with Gasteiger partial charge in [-0.1, -0.05) is 30.3 Å². The Morgan fingerprint density at radius 3 is 2.67 bits per heavy atom. The first-order chi connectivity index (χ1) is 10.1. The van der Waals surface area contributed by atoms with Gasteiger partial charge < -0.3 is 19.5 Å². The molecule has 1 amide bonds. The molecule has 1 aliphatic heterocycles. The summed E-state index contributed by atoms with van der Waals surface area (Å²) in [5, 5.41) is 9.77. The number of hydrogen-bond donors (Lipinski definition) is 1. The second-order valence-corrected chi connectivity index (χ2v) is 5.05. The van der Waals surface area contributed by atoms with Gasteiger partial charge in [0.25, 0.3) is 0 Å². The van der Waals surface area contributed by atoms with E-state index < -0.39 is 24.1 Å². The molecule has 2 rings (SSSR count). The second kappa shape index (κ2) is 7.08. The molecule has 1 aromatic carbocycles. The molecule has 1 saturated heterocycles. The molecule has 0 radical (unpaired) electrons. The van der Waals surface area contributed by atoms with Gasteiger partial charge in [-0.05, 0) is 12.0 Å². The van der Waals surface area contributed by atoms with Crippen LogP contribution >= 0.6 is 0 Å². The topological polar surface area (TPSA) is 76.1 Å². The number of likely N-dealkylation sites (tertiary alicyclic amines) is 1. The van der Waals surface area contributed by atoms with Crippen molar-refractivity contribution in [2.45, 2.75) is 19.1 Å². The number of ether oxygens (including phenoxy) is 2. The monoisotopic (exact) mass is 293 g/mol. The van der Waals surface area contributed by atoms with E-state index >= 15 is 0 Å². The fourth-order valence-corrected chi connectivity index (χ4v) is 2.37. The molecular weight excluding hydrogens is 274 g/mol. The zero-order valence-corrected chi connectivity index (χ0v) is 11.9. The molecule has 114 valence electrons. The van der Waals surface area contributed by atoms with E-state index in [1.807, 2.05) is 30.3 Å². The molecular formula is C15H19NO5. The lowest BCUT2D eigenvalue weighted by Crippen LogP contribution is -2.48. The second-order valence-electron chi connectivity index (χ2n) is 5.05. The van der Waals surface area contributed by atoms with Crippen LogP contribution < -0.4 is 0 Å². The fraction of sp³-hybridized carbons (Fsp3) is 0.467. The molecule has 1 fully saturated rings. The van der Waals surface area contributed by atoms with E-state index in [1.165, 1.54) is 12.0 Å². The van der Waals surface area contributed by atoms with E-state index in [2.05, 4.69) is 4.74 Å². The number of methoxy groups -OCH3 is 1. The van der Waals surface area contributed by atoms with Gasteiger partial charge in [-0.15, -0.1) is 0 Å². The molecule has 0 bridgehead atoms. The number of benzene rings is 1. The van der Waals surface area contributed by atoms with Gasteiger partial charge in [0.2, 0.25) is 0 Å². The largest absolute Gasteiger partial charge is 0.469 e. The van der Waals surface area contributed by atoms with Crippen molar-refractivity contribution in [3.63, 3.8) is 0 Å². The van der Waals surface area contributed by atoms with Gasteiger partial charge in [-0.2, -0.15) is 0 Å². The Hall–Kier alpha value is -2.08. The van der Waals surface area contributed by atoms with Crippen molar-refractivity contribution in [3.05, 3.63) is 35.9 Å². The number of rotatable bonds is 3. The summed E-state index contributed by atoms with van der Waals surface area (Å²) in [7, 11) is 1.29. The lowest BCUT2D eigenvalue weighted by molar-refractivity contribution is -0.148. The molecule has 6 nitrogen and oxygen atoms in total. The zero-order valence-electron chi connectivity index (χ0n) is 11.9. The molecule has 0 saturated carbocycles. The lowest BCUT2D eigenvalue weighted by atomic mass is 9.96. The maximum absolute atomic E-state index is 12.0. The number of carbonyl (C=O) groups excluding carboxylic acids is 2. The van der Waals surface area contributed by atoms with Gasteiger partial charge in [0.1, 0.15) is 6.61 Å². The molecule has 1 aromatic rings. The predicted octanol–water partition coefficient (Wildman–Crippen LogP) is 1.18. The first-order valence-corrected chi connectivity index (χ1v) is 6.81. The van der Waals surface area contributed by atoms with Crippen LogP contribution in [0, 0.1) is 5.92 Å². The molecule has 0 spiro atoms. The molecule has 6 heteroatoms. The number of amides is 1. The highest BCUT2D eigenvalue weighted by Gasteiger charge is 2.34. The molecule has 1 heterocycles. The number of β-amino-alcohol motifs (C(OH)–C–C–N with tert-alkyl or cyclic N) is 1. The first kappa shape index (κ1) is 15.3. The van der Waals surface area contributed by atoms with Crippen LogP contribution in [0.4, 0.5) is 4.79 Å². The Bertz CT molecular complexity index is 490. The Labute approximate surface area is 123 Å². The van der Waals surface area contributed by atoms with Crippen molar-refractivity contribution in [2.24, 2.45) is 5.92 Å². The van der Waals surface area contributed by atoms with Gasteiger partial charge in [-0.25, -0.2) is 4.79 Å². The third kappa shape index (κ3) is 4.19. The Morgan fingerprint density at radius 2 is 2.00 bits per heavy atom. The van der Waals surface area contributed by atoms with Crippen molar-refractivity contribution in [2.75, 3.05) is 20.2 Å². The molecule has 0 aliphatic carbocycles. The van der Waals surface area contributed by atoms with Gasteiger partial charge in [0.15, 0.2) is 0 Å². The number of aliphatic hydroxyl groups excluding tert-OH is 1. The van der Waals surface area contributed by atoms with Crippen LogP contribution in [0.3, 0.4) is 0 Å². The highest BCUT2D eigenvalue weighted by atomic mass is 16.6. The number of nitrogens with zero attached hydrogens (tertiary/aromatic N) is 1. The van der Waals surface area contributed by atoms with Crippen LogP contribution in [0.15, 0.2) is 30.3 Å². The van der Waals surface area contributed by atoms with Crippen molar-refractivity contribution in [1.29, 1.82) is 0 Å². The molecule has 2 atom stereocenters. The maximum atomic E-state index is 12.0. The molecule has 1 N–H and O–H groups in total. The fourth-order valence-electron chi connectivity index (χ4n) is 2.37. The minimum absolute atomic E-state index is 0.162. The van der Waals surface area contributed by atoms with Gasteiger partial charge in [0.05, 0.1) is 19.1 Å². The van der Waals surface area contributed by atoms with Crippen molar-refractivity contribution >= 4 is 12.1 Å². The normalized spacial score (nSPS) is 21.7. The van der Waals surface area contributed by atoms with Crippen molar-refractivity contribution < 1.29 is 24.2 Å². The Kier molecular flexibility index (Phi) is 5.16. The minimum Gasteiger partial charge on any atom is -0.469 e. The van der Waals surface area contributed by atoms with Crippen molar-refractivity contribution in [1.82, 2.24) is 4.90 Å². The summed E-state index contributed by atoms with van der Waals surface area (Å²) < 4.78 is 9.87. The summed E-state index contributed by atoms with van der Waals surface area (Å²) in [4.78, 5) is 24.9. The average Bonchev–Trinajstić information content (AvgIpc) is 2.52. The number of hydrogen-bond acceptors (Lipinski definition) is 5. The van der Waals surface area contributed by atoms with E-state index in [9.17, 15) is 14.7 Å². The SMILES string of the molecule is COC(=O)[C@@H]1C[C@H](O)CN(C(=O)OCc2ccccc2)C1. The quantitative estimate of drug-likeness (QED) is 0.847. The Morgan fingerprint density at radius 1 is 1.29 bits per heavy atom. The number of carbonyl (C=O) groups is 2. The molecule has 0 unspecified atom stereocenters. The third-order valence-electron chi connectivity index (χ3n) is 3.43.